The van der Waals surface area contributed by atoms with Crippen LogP contribution in [0.5, 0.6) is 0 Å². The lowest BCUT2D eigenvalue weighted by Crippen LogP contribution is -2.60. The molecule has 0 atom stereocenters. The third-order valence-corrected chi connectivity index (χ3v) is 4.83. The highest BCUT2D eigenvalue weighted by molar-refractivity contribution is 5.85. The number of carbonyl (C=O) groups excluding carboxylic acids is 1. The highest BCUT2D eigenvalue weighted by Crippen LogP contribution is 2.44. The van der Waals surface area contributed by atoms with Crippen molar-refractivity contribution < 1.29 is 23.4 Å². The van der Waals surface area contributed by atoms with Gasteiger partial charge in [-0.3, -0.25) is 4.79 Å². The Kier molecular flexibility index (Phi) is 4.73. The second kappa shape index (κ2) is 6.64. The monoisotopic (exact) mass is 340 g/mol. The largest absolute Gasteiger partial charge is 0.383 e. The summed E-state index contributed by atoms with van der Waals surface area (Å²) in [5.74, 6) is -5.18. The van der Waals surface area contributed by atoms with Crippen molar-refractivity contribution in [3.05, 3.63) is 29.8 Å². The number of aliphatic hydroxyl groups is 1. The second-order valence-electron chi connectivity index (χ2n) is 6.37. The molecule has 24 heavy (non-hydrogen) atoms. The van der Waals surface area contributed by atoms with E-state index in [0.717, 1.165) is 24.3 Å². The van der Waals surface area contributed by atoms with E-state index in [1.165, 1.54) is 0 Å². The molecular weight excluding hydrogens is 318 g/mol. The van der Waals surface area contributed by atoms with Gasteiger partial charge in [0.2, 0.25) is 0 Å². The Hall–Kier alpha value is -1.73. The summed E-state index contributed by atoms with van der Waals surface area (Å²) in [7, 11) is 0. The Bertz CT molecular complexity index is 599. The quantitative estimate of drug-likeness (QED) is 0.856. The number of nitrogens with one attached hydrogen (secondary N) is 1. The summed E-state index contributed by atoms with van der Waals surface area (Å²) in [4.78, 5) is 14.0. The molecule has 1 saturated carbocycles. The van der Waals surface area contributed by atoms with Gasteiger partial charge < -0.3 is 20.1 Å². The first-order valence-corrected chi connectivity index (χ1v) is 8.23. The first-order valence-electron chi connectivity index (χ1n) is 8.23. The topological polar surface area (TPSA) is 61.8 Å². The maximum absolute atomic E-state index is 14.1. The van der Waals surface area contributed by atoms with Gasteiger partial charge in [-0.15, -0.1) is 0 Å². The smallest absolute Gasteiger partial charge is 0.352 e. The van der Waals surface area contributed by atoms with Crippen LogP contribution in [0.3, 0.4) is 0 Å². The number of anilines is 1. The van der Waals surface area contributed by atoms with Crippen molar-refractivity contribution >= 4 is 11.6 Å². The number of carbonyl (C=O) groups is 1. The van der Waals surface area contributed by atoms with E-state index in [-0.39, 0.29) is 19.4 Å². The molecule has 0 spiro atoms. The first kappa shape index (κ1) is 17.1. The fourth-order valence-electron chi connectivity index (χ4n) is 3.10. The number of hydrogen-bond donors (Lipinski definition) is 2. The van der Waals surface area contributed by atoms with E-state index in [9.17, 15) is 18.7 Å². The van der Waals surface area contributed by atoms with Crippen LogP contribution in [-0.4, -0.2) is 48.8 Å². The number of hydrogen-bond acceptors (Lipinski definition) is 4. The van der Waals surface area contributed by atoms with Crippen molar-refractivity contribution in [2.75, 3.05) is 31.2 Å². The van der Waals surface area contributed by atoms with Gasteiger partial charge in [0, 0.05) is 25.3 Å². The van der Waals surface area contributed by atoms with Crippen molar-refractivity contribution in [1.29, 1.82) is 0 Å². The zero-order chi connectivity index (χ0) is 17.2. The van der Waals surface area contributed by atoms with Crippen LogP contribution in [0.25, 0.3) is 0 Å². The number of alkyl halides is 2. The van der Waals surface area contributed by atoms with Crippen molar-refractivity contribution in [1.82, 2.24) is 5.32 Å². The van der Waals surface area contributed by atoms with Crippen molar-refractivity contribution in [2.45, 2.75) is 37.3 Å². The summed E-state index contributed by atoms with van der Waals surface area (Å²) < 4.78 is 33.6. The third kappa shape index (κ3) is 3.10. The number of rotatable bonds is 5. The van der Waals surface area contributed by atoms with Gasteiger partial charge in [-0.2, -0.15) is 8.78 Å². The maximum Gasteiger partial charge on any atom is 0.352 e. The molecule has 3 rings (SSSR count). The van der Waals surface area contributed by atoms with Crippen LogP contribution in [0, 0.1) is 0 Å². The summed E-state index contributed by atoms with van der Waals surface area (Å²) in [5, 5.41) is 12.1. The van der Waals surface area contributed by atoms with E-state index in [1.54, 1.807) is 6.07 Å². The number of benzene rings is 1. The second-order valence-corrected chi connectivity index (χ2v) is 6.37. The molecule has 0 radical (unpaired) electrons. The van der Waals surface area contributed by atoms with E-state index >= 15 is 0 Å². The van der Waals surface area contributed by atoms with Crippen LogP contribution >= 0.6 is 0 Å². The van der Waals surface area contributed by atoms with Gasteiger partial charge in [0.25, 0.3) is 5.91 Å². The SMILES string of the molecule is O=C(NCc1ccccc1N1CCOCC1)C(F)(F)C1(O)CCC1. The fourth-order valence-corrected chi connectivity index (χ4v) is 3.10. The normalized spacial score (nSPS) is 20.4. The zero-order valence-corrected chi connectivity index (χ0v) is 13.4. The first-order chi connectivity index (χ1) is 11.4. The molecule has 1 saturated heterocycles. The number of morpholine rings is 1. The highest BCUT2D eigenvalue weighted by Gasteiger charge is 2.61. The summed E-state index contributed by atoms with van der Waals surface area (Å²) >= 11 is 0. The number of ether oxygens (including phenoxy) is 1. The van der Waals surface area contributed by atoms with Crippen LogP contribution in [-0.2, 0) is 16.1 Å². The lowest BCUT2D eigenvalue weighted by Gasteiger charge is -2.41. The Balaban J connectivity index is 1.67. The molecule has 1 aliphatic heterocycles. The summed E-state index contributed by atoms with van der Waals surface area (Å²) in [5.41, 5.74) is -0.517. The van der Waals surface area contributed by atoms with Gasteiger partial charge in [0.1, 0.15) is 5.60 Å². The Labute approximate surface area is 139 Å². The van der Waals surface area contributed by atoms with Gasteiger partial charge in [-0.05, 0) is 30.9 Å². The van der Waals surface area contributed by atoms with Crippen LogP contribution < -0.4 is 10.2 Å². The predicted octanol–water partition coefficient (Wildman–Crippen LogP) is 1.69. The van der Waals surface area contributed by atoms with E-state index in [4.69, 9.17) is 4.74 Å². The van der Waals surface area contributed by atoms with E-state index in [1.807, 2.05) is 18.2 Å². The zero-order valence-electron chi connectivity index (χ0n) is 13.4. The molecule has 1 aromatic carbocycles. The molecule has 2 N–H and O–H groups in total. The van der Waals surface area contributed by atoms with Gasteiger partial charge in [-0.1, -0.05) is 18.2 Å². The summed E-state index contributed by atoms with van der Waals surface area (Å²) in [6.45, 7) is 2.68. The standard InChI is InChI=1S/C17H22F2N2O3/c18-17(19,16(23)6-3-7-16)15(22)20-12-13-4-1-2-5-14(13)21-8-10-24-11-9-21/h1-2,4-5,23H,3,6-12H2,(H,20,22). The number of halogens is 2. The minimum absolute atomic E-state index is 0.00195. The lowest BCUT2D eigenvalue weighted by atomic mass is 9.75. The Morgan fingerprint density at radius 3 is 2.58 bits per heavy atom. The number of amides is 1. The minimum Gasteiger partial charge on any atom is -0.383 e. The lowest BCUT2D eigenvalue weighted by molar-refractivity contribution is -0.216. The van der Waals surface area contributed by atoms with Crippen LogP contribution in [0.4, 0.5) is 14.5 Å². The van der Waals surface area contributed by atoms with Gasteiger partial charge in [-0.25, -0.2) is 0 Å². The number of nitrogens with zero attached hydrogens (tertiary/aromatic N) is 1. The Morgan fingerprint density at radius 1 is 1.29 bits per heavy atom. The average Bonchev–Trinajstić information content (AvgIpc) is 2.58. The summed E-state index contributed by atoms with van der Waals surface area (Å²) in [6, 6.07) is 7.40. The molecular formula is C17H22F2N2O3. The van der Waals surface area contributed by atoms with Gasteiger partial charge in [0.05, 0.1) is 13.2 Å². The van der Waals surface area contributed by atoms with Crippen LogP contribution in [0.2, 0.25) is 0 Å². The van der Waals surface area contributed by atoms with Crippen LogP contribution in [0.1, 0.15) is 24.8 Å². The molecule has 7 heteroatoms. The fraction of sp³-hybridized carbons (Fsp3) is 0.588. The van der Waals surface area contributed by atoms with Gasteiger partial charge >= 0.3 is 5.92 Å². The third-order valence-electron chi connectivity index (χ3n) is 4.83. The van der Waals surface area contributed by atoms with E-state index in [2.05, 4.69) is 10.2 Å². The minimum atomic E-state index is -3.76. The van der Waals surface area contributed by atoms with Crippen molar-refractivity contribution in [2.24, 2.45) is 0 Å². The average molecular weight is 340 g/mol. The molecule has 132 valence electrons. The molecule has 5 nitrogen and oxygen atoms in total. The molecule has 1 heterocycles. The summed E-state index contributed by atoms with van der Waals surface area (Å²) in [6.07, 6.45) is 0.425. The van der Waals surface area contributed by atoms with E-state index in [0.29, 0.717) is 19.6 Å². The molecule has 0 aromatic heterocycles. The molecule has 1 amide bonds. The van der Waals surface area contributed by atoms with Gasteiger partial charge in [0.15, 0.2) is 0 Å². The molecule has 0 unspecified atom stereocenters. The van der Waals surface area contributed by atoms with E-state index < -0.39 is 17.4 Å². The number of para-hydroxylation sites is 1. The van der Waals surface area contributed by atoms with Crippen molar-refractivity contribution in [3.8, 4) is 0 Å². The van der Waals surface area contributed by atoms with Crippen molar-refractivity contribution in [3.63, 3.8) is 0 Å². The maximum atomic E-state index is 14.1. The molecule has 0 bridgehead atoms. The molecule has 2 aliphatic rings. The molecule has 1 aliphatic carbocycles. The highest BCUT2D eigenvalue weighted by atomic mass is 19.3. The molecule has 2 fully saturated rings. The molecule has 1 aromatic rings. The Morgan fingerprint density at radius 2 is 1.96 bits per heavy atom. The van der Waals surface area contributed by atoms with Crippen LogP contribution in [0.15, 0.2) is 24.3 Å². The predicted molar refractivity (Wildman–Crippen MR) is 85.1 cm³/mol.